The molecule has 11 heavy (non-hydrogen) atoms. The van der Waals surface area contributed by atoms with Crippen molar-refractivity contribution in [2.24, 2.45) is 5.92 Å². The number of hydrogen-bond acceptors (Lipinski definition) is 3. The Labute approximate surface area is 64.4 Å². The van der Waals surface area contributed by atoms with E-state index in [4.69, 9.17) is 5.11 Å². The maximum atomic E-state index is 10.0. The van der Waals surface area contributed by atoms with Gasteiger partial charge in [-0.25, -0.2) is 4.79 Å². The van der Waals surface area contributed by atoms with Crippen LogP contribution in [-0.4, -0.2) is 42.0 Å². The van der Waals surface area contributed by atoms with Crippen molar-refractivity contribution in [2.45, 2.75) is 6.10 Å². The van der Waals surface area contributed by atoms with Crippen molar-refractivity contribution >= 4 is 6.09 Å². The van der Waals surface area contributed by atoms with Crippen molar-refractivity contribution in [3.8, 4) is 0 Å². The molecule has 1 fully saturated rings. The third kappa shape index (κ3) is 2.36. The van der Waals surface area contributed by atoms with Crippen molar-refractivity contribution in [3.63, 3.8) is 0 Å². The van der Waals surface area contributed by atoms with E-state index in [1.165, 1.54) is 0 Å². The summed E-state index contributed by atoms with van der Waals surface area (Å²) in [5, 5.41) is 22.7. The maximum absolute atomic E-state index is 10.0. The molecule has 2 atom stereocenters. The van der Waals surface area contributed by atoms with Gasteiger partial charge < -0.3 is 20.8 Å². The highest BCUT2D eigenvalue weighted by molar-refractivity contribution is 5.64. The summed E-state index contributed by atoms with van der Waals surface area (Å²) < 4.78 is 0. The molecule has 0 aliphatic carbocycles. The first-order chi connectivity index (χ1) is 5.20. The van der Waals surface area contributed by atoms with Crippen molar-refractivity contribution in [1.82, 2.24) is 10.6 Å². The molecule has 0 saturated carbocycles. The number of nitrogens with one attached hydrogen (secondary N) is 2. The Morgan fingerprint density at radius 3 is 2.82 bits per heavy atom. The van der Waals surface area contributed by atoms with Crippen LogP contribution in [0.4, 0.5) is 4.79 Å². The quantitative estimate of drug-likeness (QED) is 0.410. The zero-order valence-corrected chi connectivity index (χ0v) is 6.08. The minimum atomic E-state index is -1.04. The lowest BCUT2D eigenvalue weighted by Crippen LogP contribution is -2.33. The molecule has 0 unspecified atom stereocenters. The highest BCUT2D eigenvalue weighted by atomic mass is 16.4. The van der Waals surface area contributed by atoms with Crippen LogP contribution in [-0.2, 0) is 0 Å². The number of hydrogen-bond donors (Lipinski definition) is 4. The summed E-state index contributed by atoms with van der Waals surface area (Å²) in [5.74, 6) is 0.0195. The van der Waals surface area contributed by atoms with Crippen LogP contribution in [0.3, 0.4) is 0 Å². The average molecular weight is 160 g/mol. The predicted molar refractivity (Wildman–Crippen MR) is 38.4 cm³/mol. The Hall–Kier alpha value is -0.810. The van der Waals surface area contributed by atoms with E-state index in [2.05, 4.69) is 10.6 Å². The minimum Gasteiger partial charge on any atom is -0.465 e. The van der Waals surface area contributed by atoms with Crippen LogP contribution in [0.15, 0.2) is 0 Å². The normalized spacial score (nSPS) is 30.3. The molecule has 5 nitrogen and oxygen atoms in total. The summed E-state index contributed by atoms with van der Waals surface area (Å²) in [6.45, 7) is 1.57. The van der Waals surface area contributed by atoms with Gasteiger partial charge in [0, 0.05) is 25.6 Å². The second-order valence-electron chi connectivity index (χ2n) is 2.67. The van der Waals surface area contributed by atoms with Crippen molar-refractivity contribution in [2.75, 3.05) is 19.6 Å². The molecule has 64 valence electrons. The zero-order valence-electron chi connectivity index (χ0n) is 6.08. The highest BCUT2D eigenvalue weighted by Crippen LogP contribution is 2.06. The average Bonchev–Trinajstić information content (AvgIpc) is 2.31. The lowest BCUT2D eigenvalue weighted by Gasteiger charge is -2.11. The van der Waals surface area contributed by atoms with E-state index >= 15 is 0 Å². The monoisotopic (exact) mass is 160 g/mol. The fourth-order valence-electron chi connectivity index (χ4n) is 1.15. The van der Waals surface area contributed by atoms with Gasteiger partial charge >= 0.3 is 6.09 Å². The molecule has 1 amide bonds. The van der Waals surface area contributed by atoms with Crippen LogP contribution in [0.5, 0.6) is 0 Å². The van der Waals surface area contributed by atoms with Gasteiger partial charge in [0.2, 0.25) is 0 Å². The molecule has 1 aliphatic heterocycles. The lowest BCUT2D eigenvalue weighted by molar-refractivity contribution is 0.143. The smallest absolute Gasteiger partial charge is 0.404 e. The minimum absolute atomic E-state index is 0.0195. The number of aliphatic hydroxyl groups excluding tert-OH is 1. The first kappa shape index (κ1) is 8.29. The molecule has 1 aliphatic rings. The molecule has 0 bridgehead atoms. The molecule has 0 spiro atoms. The molecule has 0 aromatic carbocycles. The largest absolute Gasteiger partial charge is 0.465 e. The maximum Gasteiger partial charge on any atom is 0.404 e. The van der Waals surface area contributed by atoms with Gasteiger partial charge in [0.05, 0.1) is 6.10 Å². The second kappa shape index (κ2) is 3.54. The molecular formula is C6H12N2O3. The van der Waals surface area contributed by atoms with Crippen molar-refractivity contribution in [3.05, 3.63) is 0 Å². The van der Waals surface area contributed by atoms with Crippen LogP contribution in [0, 0.1) is 5.92 Å². The molecule has 1 heterocycles. The summed E-state index contributed by atoms with van der Waals surface area (Å²) in [5.41, 5.74) is 0. The molecule has 0 aromatic rings. The SMILES string of the molecule is O=C(O)NC[C@@H]1CNC[C@H]1O. The number of β-amino-alcohol motifs (C(OH)–C–C–N with tert-alkyl or cyclic N) is 1. The van der Waals surface area contributed by atoms with E-state index in [9.17, 15) is 9.90 Å². The van der Waals surface area contributed by atoms with Crippen LogP contribution < -0.4 is 10.6 Å². The first-order valence-corrected chi connectivity index (χ1v) is 3.55. The van der Waals surface area contributed by atoms with E-state index in [0.717, 1.165) is 0 Å². The topological polar surface area (TPSA) is 81.6 Å². The summed E-state index contributed by atoms with van der Waals surface area (Å²) in [4.78, 5) is 10.0. The van der Waals surface area contributed by atoms with Gasteiger partial charge in [-0.1, -0.05) is 0 Å². The first-order valence-electron chi connectivity index (χ1n) is 3.55. The molecule has 0 radical (unpaired) electrons. The fourth-order valence-corrected chi connectivity index (χ4v) is 1.15. The van der Waals surface area contributed by atoms with Gasteiger partial charge in [0.15, 0.2) is 0 Å². The molecule has 4 N–H and O–H groups in total. The van der Waals surface area contributed by atoms with E-state index < -0.39 is 12.2 Å². The van der Waals surface area contributed by atoms with E-state index in [1.54, 1.807) is 0 Å². The molecular weight excluding hydrogens is 148 g/mol. The van der Waals surface area contributed by atoms with Crippen LogP contribution >= 0.6 is 0 Å². The third-order valence-electron chi connectivity index (χ3n) is 1.82. The molecule has 5 heteroatoms. The number of carboxylic acid groups (broad SMARTS) is 1. The number of rotatable bonds is 2. The molecule has 1 saturated heterocycles. The van der Waals surface area contributed by atoms with E-state index in [0.29, 0.717) is 19.6 Å². The number of amides is 1. The van der Waals surface area contributed by atoms with Crippen molar-refractivity contribution in [1.29, 1.82) is 0 Å². The molecule has 1 rings (SSSR count). The highest BCUT2D eigenvalue weighted by Gasteiger charge is 2.24. The molecule has 0 aromatic heterocycles. The van der Waals surface area contributed by atoms with Gasteiger partial charge in [-0.3, -0.25) is 0 Å². The van der Waals surface area contributed by atoms with Crippen molar-refractivity contribution < 1.29 is 15.0 Å². The van der Waals surface area contributed by atoms with Gasteiger partial charge in [0.25, 0.3) is 0 Å². The number of aliphatic hydroxyl groups is 1. The van der Waals surface area contributed by atoms with Crippen LogP contribution in [0.1, 0.15) is 0 Å². The number of carbonyl (C=O) groups is 1. The van der Waals surface area contributed by atoms with Gasteiger partial charge in [0.1, 0.15) is 0 Å². The van der Waals surface area contributed by atoms with E-state index in [1.807, 2.05) is 0 Å². The predicted octanol–water partition coefficient (Wildman–Crippen LogP) is -1.17. The Kier molecular flexibility index (Phi) is 2.67. The summed E-state index contributed by atoms with van der Waals surface area (Å²) >= 11 is 0. The summed E-state index contributed by atoms with van der Waals surface area (Å²) in [6.07, 6.45) is -1.45. The van der Waals surface area contributed by atoms with Gasteiger partial charge in [-0.05, 0) is 0 Å². The standard InChI is InChI=1S/C6H12N2O3/c9-5-3-7-1-4(5)2-8-6(10)11/h4-5,7-9H,1-3H2,(H,10,11)/t4-,5+/m0/s1. The fraction of sp³-hybridized carbons (Fsp3) is 0.833. The zero-order chi connectivity index (χ0) is 8.27. The lowest BCUT2D eigenvalue weighted by atomic mass is 10.1. The third-order valence-corrected chi connectivity index (χ3v) is 1.82. The summed E-state index contributed by atoms with van der Waals surface area (Å²) in [6, 6.07) is 0. The van der Waals surface area contributed by atoms with Gasteiger partial charge in [-0.2, -0.15) is 0 Å². The Morgan fingerprint density at radius 1 is 1.64 bits per heavy atom. The Morgan fingerprint density at radius 2 is 2.36 bits per heavy atom. The van der Waals surface area contributed by atoms with Gasteiger partial charge in [-0.15, -0.1) is 0 Å². The Bertz CT molecular complexity index is 151. The Balaban J connectivity index is 2.20. The van der Waals surface area contributed by atoms with Crippen LogP contribution in [0.25, 0.3) is 0 Å². The second-order valence-corrected chi connectivity index (χ2v) is 2.67. The summed E-state index contributed by atoms with van der Waals surface area (Å²) in [7, 11) is 0. The van der Waals surface area contributed by atoms with Crippen LogP contribution in [0.2, 0.25) is 0 Å². The van der Waals surface area contributed by atoms with E-state index in [-0.39, 0.29) is 5.92 Å².